The minimum atomic E-state index is -1.85. The molecule has 0 bridgehead atoms. The summed E-state index contributed by atoms with van der Waals surface area (Å²) < 4.78 is 11.7. The Kier molecular flexibility index (Phi) is 8.52. The van der Waals surface area contributed by atoms with Crippen molar-refractivity contribution in [1.29, 1.82) is 0 Å². The molecule has 0 radical (unpaired) electrons. The molecular formula is C9H19Cl2FSi. The summed E-state index contributed by atoms with van der Waals surface area (Å²) >= 11 is 11.9. The summed E-state index contributed by atoms with van der Waals surface area (Å²) in [7, 11) is 0. The summed E-state index contributed by atoms with van der Waals surface area (Å²) in [5, 5.41) is 0. The van der Waals surface area contributed by atoms with Crippen LogP contribution in [0.1, 0.15) is 38.5 Å². The van der Waals surface area contributed by atoms with Gasteiger partial charge in [0, 0.05) is 0 Å². The van der Waals surface area contributed by atoms with Crippen molar-refractivity contribution in [1.82, 2.24) is 0 Å². The summed E-state index contributed by atoms with van der Waals surface area (Å²) in [5.41, 5.74) is 0. The SMILES string of the molecule is C[Si](Cl)(Cl)CCCCCCCCF. The molecule has 0 aromatic carbocycles. The van der Waals surface area contributed by atoms with Crippen molar-refractivity contribution in [2.24, 2.45) is 0 Å². The second kappa shape index (κ2) is 8.07. The highest BCUT2D eigenvalue weighted by molar-refractivity contribution is 7.44. The van der Waals surface area contributed by atoms with Crippen LogP contribution in [0.15, 0.2) is 0 Å². The number of hydrogen-bond acceptors (Lipinski definition) is 0. The van der Waals surface area contributed by atoms with Gasteiger partial charge in [-0.1, -0.05) is 32.1 Å². The van der Waals surface area contributed by atoms with Crippen molar-refractivity contribution in [3.05, 3.63) is 0 Å². The van der Waals surface area contributed by atoms with Crippen molar-refractivity contribution in [3.63, 3.8) is 0 Å². The maximum atomic E-state index is 11.7. The maximum Gasteiger partial charge on any atom is 0.248 e. The first-order chi connectivity index (χ1) is 6.06. The summed E-state index contributed by atoms with van der Waals surface area (Å²) in [6, 6.07) is 0.985. The fourth-order valence-corrected chi connectivity index (χ4v) is 2.91. The Balaban J connectivity index is 3.00. The molecule has 0 rings (SSSR count). The van der Waals surface area contributed by atoms with Crippen molar-refractivity contribution in [2.75, 3.05) is 6.67 Å². The highest BCUT2D eigenvalue weighted by Crippen LogP contribution is 2.23. The highest BCUT2D eigenvalue weighted by Gasteiger charge is 2.19. The van der Waals surface area contributed by atoms with E-state index in [4.69, 9.17) is 22.2 Å². The smallest absolute Gasteiger partial charge is 0.248 e. The number of unbranched alkanes of at least 4 members (excludes halogenated alkanes) is 5. The van der Waals surface area contributed by atoms with Gasteiger partial charge < -0.3 is 0 Å². The second-order valence-electron chi connectivity index (χ2n) is 3.63. The molecule has 0 aliphatic heterocycles. The van der Waals surface area contributed by atoms with Crippen LogP contribution in [-0.2, 0) is 0 Å². The Morgan fingerprint density at radius 2 is 1.38 bits per heavy atom. The summed E-state index contributed by atoms with van der Waals surface area (Å²) in [5.74, 6) is 0. The van der Waals surface area contributed by atoms with E-state index in [0.717, 1.165) is 31.7 Å². The van der Waals surface area contributed by atoms with Crippen LogP contribution in [0.3, 0.4) is 0 Å². The lowest BCUT2D eigenvalue weighted by Gasteiger charge is -2.08. The van der Waals surface area contributed by atoms with Crippen LogP contribution in [0.4, 0.5) is 4.39 Å². The zero-order valence-corrected chi connectivity index (χ0v) is 10.8. The lowest BCUT2D eigenvalue weighted by molar-refractivity contribution is 0.451. The molecule has 0 saturated carbocycles. The summed E-state index contributed by atoms with van der Waals surface area (Å²) in [4.78, 5) is 0. The number of hydrogen-bond donors (Lipinski definition) is 0. The Labute approximate surface area is 91.2 Å². The molecule has 13 heavy (non-hydrogen) atoms. The monoisotopic (exact) mass is 244 g/mol. The zero-order valence-electron chi connectivity index (χ0n) is 8.29. The molecule has 0 aromatic rings. The average molecular weight is 245 g/mol. The van der Waals surface area contributed by atoms with Gasteiger partial charge in [-0.15, -0.1) is 22.2 Å². The van der Waals surface area contributed by atoms with E-state index in [-0.39, 0.29) is 6.67 Å². The van der Waals surface area contributed by atoms with Gasteiger partial charge in [0.25, 0.3) is 0 Å². The normalized spacial score (nSPS) is 12.0. The highest BCUT2D eigenvalue weighted by atomic mass is 35.7. The third kappa shape index (κ3) is 12.7. The molecule has 0 aliphatic carbocycles. The predicted octanol–water partition coefficient (Wildman–Crippen LogP) is 4.85. The average Bonchev–Trinajstić information content (AvgIpc) is 2.01. The fourth-order valence-electron chi connectivity index (χ4n) is 1.24. The van der Waals surface area contributed by atoms with Gasteiger partial charge >= 0.3 is 0 Å². The van der Waals surface area contributed by atoms with E-state index in [9.17, 15) is 4.39 Å². The van der Waals surface area contributed by atoms with Gasteiger partial charge in [0.05, 0.1) is 6.67 Å². The van der Waals surface area contributed by atoms with Gasteiger partial charge in [-0.25, -0.2) is 0 Å². The van der Waals surface area contributed by atoms with E-state index in [1.807, 2.05) is 6.55 Å². The molecule has 0 unspecified atom stereocenters. The predicted molar refractivity (Wildman–Crippen MR) is 61.8 cm³/mol. The molecule has 0 heterocycles. The largest absolute Gasteiger partial charge is 0.251 e. The molecule has 0 fully saturated rings. The Morgan fingerprint density at radius 1 is 0.923 bits per heavy atom. The lowest BCUT2D eigenvalue weighted by Crippen LogP contribution is -2.11. The molecule has 0 N–H and O–H groups in total. The van der Waals surface area contributed by atoms with Gasteiger partial charge in [0.15, 0.2) is 0 Å². The van der Waals surface area contributed by atoms with Crippen molar-refractivity contribution < 1.29 is 4.39 Å². The summed E-state index contributed by atoms with van der Waals surface area (Å²) in [6.45, 7) is -0.0629. The molecule has 0 amide bonds. The first-order valence-corrected chi connectivity index (χ1v) is 9.73. The number of halogens is 3. The van der Waals surface area contributed by atoms with Gasteiger partial charge in [-0.2, -0.15) is 0 Å². The quantitative estimate of drug-likeness (QED) is 0.326. The van der Waals surface area contributed by atoms with Gasteiger partial charge in [-0.3, -0.25) is 4.39 Å². The van der Waals surface area contributed by atoms with Crippen LogP contribution in [0.25, 0.3) is 0 Å². The molecule has 0 saturated heterocycles. The van der Waals surface area contributed by atoms with Crippen LogP contribution < -0.4 is 0 Å². The molecule has 0 aromatic heterocycles. The Bertz CT molecular complexity index is 115. The van der Waals surface area contributed by atoms with E-state index < -0.39 is 6.69 Å². The van der Waals surface area contributed by atoms with Crippen molar-refractivity contribution in [3.8, 4) is 0 Å². The van der Waals surface area contributed by atoms with E-state index >= 15 is 0 Å². The topological polar surface area (TPSA) is 0 Å². The molecular weight excluding hydrogens is 226 g/mol. The first-order valence-electron chi connectivity index (χ1n) is 5.00. The molecule has 0 atom stereocenters. The van der Waals surface area contributed by atoms with Gasteiger partial charge in [0.2, 0.25) is 6.69 Å². The maximum absolute atomic E-state index is 11.7. The van der Waals surface area contributed by atoms with Crippen molar-refractivity contribution in [2.45, 2.75) is 51.1 Å². The van der Waals surface area contributed by atoms with Crippen LogP contribution >= 0.6 is 22.2 Å². The molecule has 80 valence electrons. The number of alkyl halides is 1. The van der Waals surface area contributed by atoms with E-state index in [2.05, 4.69) is 0 Å². The number of rotatable bonds is 8. The van der Waals surface area contributed by atoms with Gasteiger partial charge in [-0.05, 0) is 19.0 Å². The minimum Gasteiger partial charge on any atom is -0.251 e. The second-order valence-corrected chi connectivity index (χ2v) is 11.9. The molecule has 0 aliphatic rings. The summed E-state index contributed by atoms with van der Waals surface area (Å²) in [6.07, 6.45) is 6.40. The van der Waals surface area contributed by atoms with Crippen LogP contribution in [-0.4, -0.2) is 13.4 Å². The van der Waals surface area contributed by atoms with Crippen molar-refractivity contribution >= 4 is 28.9 Å². The van der Waals surface area contributed by atoms with E-state index in [1.165, 1.54) is 12.8 Å². The van der Waals surface area contributed by atoms with Crippen LogP contribution in [0.2, 0.25) is 12.6 Å². The Morgan fingerprint density at radius 3 is 1.85 bits per heavy atom. The van der Waals surface area contributed by atoms with E-state index in [0.29, 0.717) is 0 Å². The molecule has 0 nitrogen and oxygen atoms in total. The fraction of sp³-hybridized carbons (Fsp3) is 1.00. The third-order valence-corrected chi connectivity index (χ3v) is 4.36. The van der Waals surface area contributed by atoms with Crippen LogP contribution in [0.5, 0.6) is 0 Å². The third-order valence-electron chi connectivity index (χ3n) is 2.00. The molecule has 4 heteroatoms. The standard InChI is InChI=1S/C9H19Cl2FSi/c1-13(10,11)9-7-5-3-2-4-6-8-12/h2-9H2,1H3. The first kappa shape index (κ1) is 13.7. The minimum absolute atomic E-state index is 0.172. The van der Waals surface area contributed by atoms with Gasteiger partial charge in [0.1, 0.15) is 0 Å². The Hall–Kier alpha value is 0.727. The van der Waals surface area contributed by atoms with E-state index in [1.54, 1.807) is 0 Å². The van der Waals surface area contributed by atoms with Crippen LogP contribution in [0, 0.1) is 0 Å². The zero-order chi connectivity index (χ0) is 10.2. The molecule has 0 spiro atoms. The lowest BCUT2D eigenvalue weighted by atomic mass is 10.1.